The summed E-state index contributed by atoms with van der Waals surface area (Å²) in [6, 6.07) is 5.45. The van der Waals surface area contributed by atoms with Gasteiger partial charge in [0.2, 0.25) is 5.91 Å². The van der Waals surface area contributed by atoms with E-state index in [0.717, 1.165) is 24.6 Å². The SMILES string of the molecule is Cc1cc(CCCC(=O)Nc2cc(C(=O)O)ccc2F)c(C)s1. The second kappa shape index (κ2) is 7.37. The quantitative estimate of drug-likeness (QED) is 0.833. The molecule has 0 atom stereocenters. The van der Waals surface area contributed by atoms with Crippen LogP contribution < -0.4 is 5.32 Å². The molecule has 0 fully saturated rings. The predicted octanol–water partition coefficient (Wildman–Crippen LogP) is 4.16. The summed E-state index contributed by atoms with van der Waals surface area (Å²) in [5.41, 5.74) is 1.07. The van der Waals surface area contributed by atoms with Gasteiger partial charge in [-0.05, 0) is 56.5 Å². The fraction of sp³-hybridized carbons (Fsp3) is 0.294. The zero-order chi connectivity index (χ0) is 17.0. The first kappa shape index (κ1) is 17.1. The van der Waals surface area contributed by atoms with Crippen LogP contribution in [-0.4, -0.2) is 17.0 Å². The Hall–Kier alpha value is -2.21. The van der Waals surface area contributed by atoms with E-state index in [1.807, 2.05) is 6.92 Å². The number of benzene rings is 1. The Labute approximate surface area is 138 Å². The zero-order valence-electron chi connectivity index (χ0n) is 13.0. The Morgan fingerprint density at radius 2 is 2.00 bits per heavy atom. The van der Waals surface area contributed by atoms with E-state index in [9.17, 15) is 14.0 Å². The van der Waals surface area contributed by atoms with Crippen molar-refractivity contribution in [1.29, 1.82) is 0 Å². The first-order valence-corrected chi connectivity index (χ1v) is 8.07. The standard InChI is InChI=1S/C17H18FNO3S/c1-10-8-12(11(2)23-10)4-3-5-16(20)19-15-9-13(17(21)22)6-7-14(15)18/h6-9H,3-5H2,1-2H3,(H,19,20)(H,21,22). The predicted molar refractivity (Wildman–Crippen MR) is 88.7 cm³/mol. The van der Waals surface area contributed by atoms with Gasteiger partial charge in [0.25, 0.3) is 0 Å². The average Bonchev–Trinajstić information content (AvgIpc) is 2.79. The van der Waals surface area contributed by atoms with Crippen molar-refractivity contribution in [2.24, 2.45) is 0 Å². The van der Waals surface area contributed by atoms with Crippen LogP contribution in [0.5, 0.6) is 0 Å². The number of rotatable bonds is 6. The highest BCUT2D eigenvalue weighted by Gasteiger charge is 2.11. The van der Waals surface area contributed by atoms with Crippen LogP contribution >= 0.6 is 11.3 Å². The molecule has 122 valence electrons. The largest absolute Gasteiger partial charge is 0.478 e. The molecule has 23 heavy (non-hydrogen) atoms. The minimum absolute atomic E-state index is 0.0638. The van der Waals surface area contributed by atoms with E-state index >= 15 is 0 Å². The maximum absolute atomic E-state index is 13.6. The van der Waals surface area contributed by atoms with E-state index in [1.54, 1.807) is 11.3 Å². The van der Waals surface area contributed by atoms with E-state index < -0.39 is 11.8 Å². The number of aromatic carboxylic acids is 1. The van der Waals surface area contributed by atoms with Crippen LogP contribution in [0.4, 0.5) is 10.1 Å². The number of aryl methyl sites for hydroxylation is 3. The van der Waals surface area contributed by atoms with Crippen molar-refractivity contribution in [3.05, 3.63) is 51.0 Å². The number of carboxylic acid groups (broad SMARTS) is 1. The van der Waals surface area contributed by atoms with E-state index in [4.69, 9.17) is 5.11 Å². The Kier molecular flexibility index (Phi) is 5.50. The molecule has 0 radical (unpaired) electrons. The van der Waals surface area contributed by atoms with Crippen LogP contribution in [0.15, 0.2) is 24.3 Å². The van der Waals surface area contributed by atoms with Gasteiger partial charge in [-0.3, -0.25) is 4.79 Å². The summed E-state index contributed by atoms with van der Waals surface area (Å²) in [5.74, 6) is -2.13. The van der Waals surface area contributed by atoms with Gasteiger partial charge >= 0.3 is 5.97 Å². The van der Waals surface area contributed by atoms with Gasteiger partial charge in [0.15, 0.2) is 0 Å². The maximum Gasteiger partial charge on any atom is 0.335 e. The molecule has 2 N–H and O–H groups in total. The number of carbonyl (C=O) groups is 2. The van der Waals surface area contributed by atoms with Crippen molar-refractivity contribution < 1.29 is 19.1 Å². The number of carbonyl (C=O) groups excluding carboxylic acids is 1. The summed E-state index contributed by atoms with van der Waals surface area (Å²) < 4.78 is 13.6. The maximum atomic E-state index is 13.6. The summed E-state index contributed by atoms with van der Waals surface area (Å²) >= 11 is 1.73. The van der Waals surface area contributed by atoms with Gasteiger partial charge in [0.1, 0.15) is 5.82 Å². The summed E-state index contributed by atoms with van der Waals surface area (Å²) in [5, 5.41) is 11.3. The number of halogens is 1. The van der Waals surface area contributed by atoms with Gasteiger partial charge in [0, 0.05) is 16.2 Å². The fourth-order valence-electron chi connectivity index (χ4n) is 2.34. The van der Waals surface area contributed by atoms with Crippen LogP contribution in [0.3, 0.4) is 0 Å². The number of carboxylic acids is 1. The molecule has 1 amide bonds. The molecule has 6 heteroatoms. The highest BCUT2D eigenvalue weighted by molar-refractivity contribution is 7.12. The second-order valence-electron chi connectivity index (χ2n) is 5.34. The number of amides is 1. The highest BCUT2D eigenvalue weighted by atomic mass is 32.1. The Morgan fingerprint density at radius 1 is 1.26 bits per heavy atom. The van der Waals surface area contributed by atoms with E-state index in [1.165, 1.54) is 15.3 Å². The zero-order valence-corrected chi connectivity index (χ0v) is 13.8. The van der Waals surface area contributed by atoms with Gasteiger partial charge in [-0.1, -0.05) is 0 Å². The lowest BCUT2D eigenvalue weighted by atomic mass is 10.1. The van der Waals surface area contributed by atoms with Crippen molar-refractivity contribution in [2.75, 3.05) is 5.32 Å². The monoisotopic (exact) mass is 335 g/mol. The summed E-state index contributed by atoms with van der Waals surface area (Å²) in [7, 11) is 0. The molecule has 0 aliphatic carbocycles. The minimum atomic E-state index is -1.16. The Bertz CT molecular complexity index is 739. The van der Waals surface area contributed by atoms with Crippen LogP contribution in [0, 0.1) is 19.7 Å². The van der Waals surface area contributed by atoms with Gasteiger partial charge in [-0.2, -0.15) is 0 Å². The van der Waals surface area contributed by atoms with E-state index in [0.29, 0.717) is 6.42 Å². The number of thiophene rings is 1. The van der Waals surface area contributed by atoms with Crippen molar-refractivity contribution in [3.63, 3.8) is 0 Å². The lowest BCUT2D eigenvalue weighted by Crippen LogP contribution is -2.13. The Balaban J connectivity index is 1.91. The molecule has 0 aliphatic rings. The van der Waals surface area contributed by atoms with Crippen LogP contribution in [0.2, 0.25) is 0 Å². The van der Waals surface area contributed by atoms with Gasteiger partial charge in [-0.15, -0.1) is 11.3 Å². The molecule has 0 spiro atoms. The molecule has 2 aromatic rings. The fourth-order valence-corrected chi connectivity index (χ4v) is 3.31. The Morgan fingerprint density at radius 3 is 2.61 bits per heavy atom. The first-order chi connectivity index (χ1) is 10.9. The molecule has 2 rings (SSSR count). The summed E-state index contributed by atoms with van der Waals surface area (Å²) in [6.45, 7) is 4.10. The van der Waals surface area contributed by atoms with Crippen molar-refractivity contribution in [2.45, 2.75) is 33.1 Å². The van der Waals surface area contributed by atoms with E-state index in [-0.39, 0.29) is 23.6 Å². The number of hydrogen-bond acceptors (Lipinski definition) is 3. The van der Waals surface area contributed by atoms with Crippen LogP contribution in [0.1, 0.15) is 38.5 Å². The van der Waals surface area contributed by atoms with Crippen LogP contribution in [0.25, 0.3) is 0 Å². The number of hydrogen-bond donors (Lipinski definition) is 2. The minimum Gasteiger partial charge on any atom is -0.478 e. The molecule has 1 heterocycles. The third-order valence-corrected chi connectivity index (χ3v) is 4.49. The molecule has 0 aliphatic heterocycles. The van der Waals surface area contributed by atoms with Gasteiger partial charge in [0.05, 0.1) is 11.3 Å². The van der Waals surface area contributed by atoms with Gasteiger partial charge in [-0.25, -0.2) is 9.18 Å². The lowest BCUT2D eigenvalue weighted by molar-refractivity contribution is -0.116. The third-order valence-electron chi connectivity index (χ3n) is 3.48. The molecular formula is C17H18FNO3S. The van der Waals surface area contributed by atoms with E-state index in [2.05, 4.69) is 18.3 Å². The lowest BCUT2D eigenvalue weighted by Gasteiger charge is -2.07. The summed E-state index contributed by atoms with van der Waals surface area (Å²) in [4.78, 5) is 25.3. The molecule has 1 aromatic heterocycles. The van der Waals surface area contributed by atoms with Gasteiger partial charge < -0.3 is 10.4 Å². The molecule has 4 nitrogen and oxygen atoms in total. The topological polar surface area (TPSA) is 66.4 Å². The smallest absolute Gasteiger partial charge is 0.335 e. The normalized spacial score (nSPS) is 10.6. The van der Waals surface area contributed by atoms with Crippen molar-refractivity contribution >= 4 is 28.9 Å². The highest BCUT2D eigenvalue weighted by Crippen LogP contribution is 2.22. The molecule has 0 saturated heterocycles. The molecule has 1 aromatic carbocycles. The van der Waals surface area contributed by atoms with Crippen molar-refractivity contribution in [1.82, 2.24) is 0 Å². The second-order valence-corrected chi connectivity index (χ2v) is 6.80. The molecule has 0 saturated carbocycles. The number of anilines is 1. The first-order valence-electron chi connectivity index (χ1n) is 7.25. The number of nitrogens with one attached hydrogen (secondary N) is 1. The molecule has 0 bridgehead atoms. The van der Waals surface area contributed by atoms with Crippen LogP contribution in [-0.2, 0) is 11.2 Å². The average molecular weight is 335 g/mol. The molecular weight excluding hydrogens is 317 g/mol. The van der Waals surface area contributed by atoms with Crippen molar-refractivity contribution in [3.8, 4) is 0 Å². The third kappa shape index (κ3) is 4.63. The molecule has 0 unspecified atom stereocenters. The summed E-state index contributed by atoms with van der Waals surface area (Å²) in [6.07, 6.45) is 1.70.